The lowest BCUT2D eigenvalue weighted by Crippen LogP contribution is -2.08. The number of hydrogen-bond acceptors (Lipinski definition) is 2. The van der Waals surface area contributed by atoms with Gasteiger partial charge in [-0.05, 0) is 29.7 Å². The van der Waals surface area contributed by atoms with Gasteiger partial charge in [-0.1, -0.05) is 24.3 Å². The number of rotatable bonds is 1. The second-order valence-corrected chi connectivity index (χ2v) is 5.11. The minimum Gasteiger partial charge on any atom is -0.399 e. The number of hydrogen-bond donors (Lipinski definition) is 3. The van der Waals surface area contributed by atoms with Gasteiger partial charge in [0.15, 0.2) is 0 Å². The molecule has 4 N–H and O–H groups in total. The van der Waals surface area contributed by atoms with Crippen LogP contribution >= 0.6 is 0 Å². The average molecular weight is 275 g/mol. The van der Waals surface area contributed by atoms with Crippen molar-refractivity contribution < 1.29 is 0 Å². The highest BCUT2D eigenvalue weighted by molar-refractivity contribution is 5.97. The first-order chi connectivity index (χ1) is 10.2. The standard InChI is InChI=1S/C17H13N3O/c18-11-6-5-10-7-13(17(21)20-16(10)8-11)14-9-19-15-4-2-1-3-12(14)15/h1-9,19H,18H2,(H,20,21). The number of aromatic amines is 2. The van der Waals surface area contributed by atoms with Gasteiger partial charge in [-0.25, -0.2) is 0 Å². The Morgan fingerprint density at radius 3 is 2.67 bits per heavy atom. The fourth-order valence-electron chi connectivity index (χ4n) is 2.71. The fraction of sp³-hybridized carbons (Fsp3) is 0. The number of aromatic nitrogens is 2. The van der Waals surface area contributed by atoms with Gasteiger partial charge in [-0.2, -0.15) is 0 Å². The Bertz CT molecular complexity index is 1030. The van der Waals surface area contributed by atoms with Crippen molar-refractivity contribution in [3.8, 4) is 11.1 Å². The smallest absolute Gasteiger partial charge is 0.256 e. The van der Waals surface area contributed by atoms with Gasteiger partial charge >= 0.3 is 0 Å². The number of anilines is 1. The Kier molecular flexibility index (Phi) is 2.38. The summed E-state index contributed by atoms with van der Waals surface area (Å²) in [5.74, 6) is 0. The lowest BCUT2D eigenvalue weighted by atomic mass is 10.0. The van der Waals surface area contributed by atoms with Gasteiger partial charge in [0.25, 0.3) is 5.56 Å². The van der Waals surface area contributed by atoms with Gasteiger partial charge in [0.1, 0.15) is 0 Å². The van der Waals surface area contributed by atoms with E-state index in [2.05, 4.69) is 9.97 Å². The first-order valence-electron chi connectivity index (χ1n) is 6.71. The molecule has 0 aliphatic carbocycles. The van der Waals surface area contributed by atoms with Gasteiger partial charge < -0.3 is 15.7 Å². The molecule has 4 heteroatoms. The molecule has 0 amide bonds. The summed E-state index contributed by atoms with van der Waals surface area (Å²) in [6.07, 6.45) is 1.87. The molecule has 0 atom stereocenters. The highest BCUT2D eigenvalue weighted by Crippen LogP contribution is 2.27. The molecular formula is C17H13N3O. The van der Waals surface area contributed by atoms with Gasteiger partial charge in [0.2, 0.25) is 0 Å². The van der Waals surface area contributed by atoms with Crippen LogP contribution in [-0.4, -0.2) is 9.97 Å². The number of nitrogens with two attached hydrogens (primary N) is 1. The molecule has 0 saturated carbocycles. The second kappa shape index (κ2) is 4.24. The molecule has 21 heavy (non-hydrogen) atoms. The van der Waals surface area contributed by atoms with E-state index in [1.54, 1.807) is 6.07 Å². The van der Waals surface area contributed by atoms with Crippen LogP contribution in [-0.2, 0) is 0 Å². The molecular weight excluding hydrogens is 262 g/mol. The normalized spacial score (nSPS) is 11.2. The molecule has 0 fully saturated rings. The molecule has 2 heterocycles. The third-order valence-electron chi connectivity index (χ3n) is 3.75. The number of fused-ring (bicyclic) bond motifs is 2. The minimum atomic E-state index is -0.113. The van der Waals surface area contributed by atoms with Crippen molar-refractivity contribution in [3.63, 3.8) is 0 Å². The van der Waals surface area contributed by atoms with E-state index >= 15 is 0 Å². The highest BCUT2D eigenvalue weighted by atomic mass is 16.1. The molecule has 4 rings (SSSR count). The van der Waals surface area contributed by atoms with Crippen LogP contribution in [0.1, 0.15) is 0 Å². The number of benzene rings is 2. The summed E-state index contributed by atoms with van der Waals surface area (Å²) in [4.78, 5) is 18.5. The zero-order valence-corrected chi connectivity index (χ0v) is 11.2. The molecule has 0 aliphatic heterocycles. The Labute approximate surface area is 120 Å². The fourth-order valence-corrected chi connectivity index (χ4v) is 2.71. The lowest BCUT2D eigenvalue weighted by Gasteiger charge is -2.03. The molecule has 0 saturated heterocycles. The molecule has 0 spiro atoms. The van der Waals surface area contributed by atoms with Crippen molar-refractivity contribution in [1.82, 2.24) is 9.97 Å². The number of para-hydroxylation sites is 1. The van der Waals surface area contributed by atoms with Crippen LogP contribution in [0.4, 0.5) is 5.69 Å². The van der Waals surface area contributed by atoms with E-state index in [9.17, 15) is 4.79 Å². The number of nitrogens with one attached hydrogen (secondary N) is 2. The summed E-state index contributed by atoms with van der Waals surface area (Å²) in [5.41, 5.74) is 9.61. The largest absolute Gasteiger partial charge is 0.399 e. The van der Waals surface area contributed by atoms with Crippen molar-refractivity contribution in [1.29, 1.82) is 0 Å². The van der Waals surface area contributed by atoms with Crippen LogP contribution < -0.4 is 11.3 Å². The zero-order chi connectivity index (χ0) is 14.4. The van der Waals surface area contributed by atoms with Crippen LogP contribution in [0, 0.1) is 0 Å². The monoisotopic (exact) mass is 275 g/mol. The molecule has 102 valence electrons. The number of nitrogen functional groups attached to an aromatic ring is 1. The van der Waals surface area contributed by atoms with E-state index in [1.165, 1.54) is 0 Å². The average Bonchev–Trinajstić information content (AvgIpc) is 2.90. The maximum absolute atomic E-state index is 12.4. The summed E-state index contributed by atoms with van der Waals surface area (Å²) in [6, 6.07) is 15.4. The lowest BCUT2D eigenvalue weighted by molar-refractivity contribution is 1.31. The minimum absolute atomic E-state index is 0.113. The zero-order valence-electron chi connectivity index (χ0n) is 11.2. The first-order valence-corrected chi connectivity index (χ1v) is 6.71. The third kappa shape index (κ3) is 1.80. The van der Waals surface area contributed by atoms with E-state index in [0.29, 0.717) is 11.3 Å². The Balaban J connectivity index is 2.04. The van der Waals surface area contributed by atoms with E-state index in [1.807, 2.05) is 48.7 Å². The van der Waals surface area contributed by atoms with E-state index in [0.717, 1.165) is 27.4 Å². The summed E-state index contributed by atoms with van der Waals surface area (Å²) >= 11 is 0. The predicted molar refractivity (Wildman–Crippen MR) is 86.3 cm³/mol. The molecule has 4 nitrogen and oxygen atoms in total. The van der Waals surface area contributed by atoms with Crippen LogP contribution in [0.25, 0.3) is 32.9 Å². The molecule has 2 aromatic carbocycles. The molecule has 4 aromatic rings. The van der Waals surface area contributed by atoms with E-state index in [-0.39, 0.29) is 5.56 Å². The molecule has 0 aliphatic rings. The maximum atomic E-state index is 12.4. The predicted octanol–water partition coefficient (Wildman–Crippen LogP) is 3.26. The quantitative estimate of drug-likeness (QED) is 0.466. The van der Waals surface area contributed by atoms with Crippen molar-refractivity contribution in [2.75, 3.05) is 5.73 Å². The highest BCUT2D eigenvalue weighted by Gasteiger charge is 2.10. The van der Waals surface area contributed by atoms with Gasteiger partial charge in [0, 0.05) is 33.9 Å². The third-order valence-corrected chi connectivity index (χ3v) is 3.75. The Morgan fingerprint density at radius 1 is 0.905 bits per heavy atom. The molecule has 0 bridgehead atoms. The molecule has 2 aromatic heterocycles. The van der Waals surface area contributed by atoms with E-state index < -0.39 is 0 Å². The van der Waals surface area contributed by atoms with Gasteiger partial charge in [-0.15, -0.1) is 0 Å². The Hall–Kier alpha value is -3.01. The summed E-state index contributed by atoms with van der Waals surface area (Å²) in [6.45, 7) is 0. The van der Waals surface area contributed by atoms with E-state index in [4.69, 9.17) is 5.73 Å². The van der Waals surface area contributed by atoms with Gasteiger partial charge in [0.05, 0.1) is 5.52 Å². The van der Waals surface area contributed by atoms with Crippen molar-refractivity contribution in [3.05, 3.63) is 65.1 Å². The SMILES string of the molecule is Nc1ccc2cc(-c3c[nH]c4ccccc34)c(=O)[nH]c2c1. The van der Waals surface area contributed by atoms with Crippen molar-refractivity contribution in [2.45, 2.75) is 0 Å². The maximum Gasteiger partial charge on any atom is 0.256 e. The summed E-state index contributed by atoms with van der Waals surface area (Å²) in [5, 5.41) is 2.00. The first kappa shape index (κ1) is 11.8. The molecule has 0 unspecified atom stereocenters. The van der Waals surface area contributed by atoms with Crippen molar-refractivity contribution in [2.24, 2.45) is 0 Å². The second-order valence-electron chi connectivity index (χ2n) is 5.11. The summed E-state index contributed by atoms with van der Waals surface area (Å²) < 4.78 is 0. The molecule has 0 radical (unpaired) electrons. The van der Waals surface area contributed by atoms with Gasteiger partial charge in [-0.3, -0.25) is 4.79 Å². The Morgan fingerprint density at radius 2 is 1.76 bits per heavy atom. The van der Waals surface area contributed by atoms with Crippen LogP contribution in [0.2, 0.25) is 0 Å². The van der Waals surface area contributed by atoms with Crippen LogP contribution in [0.3, 0.4) is 0 Å². The van der Waals surface area contributed by atoms with Crippen LogP contribution in [0.5, 0.6) is 0 Å². The number of pyridine rings is 1. The summed E-state index contributed by atoms with van der Waals surface area (Å²) in [7, 11) is 0. The van der Waals surface area contributed by atoms with Crippen molar-refractivity contribution >= 4 is 27.5 Å². The number of H-pyrrole nitrogens is 2. The van der Waals surface area contributed by atoms with Crippen LogP contribution in [0.15, 0.2) is 59.5 Å². The topological polar surface area (TPSA) is 74.7 Å².